The maximum atomic E-state index is 13.3. The van der Waals surface area contributed by atoms with Gasteiger partial charge in [0.15, 0.2) is 0 Å². The standard InChI is InChI=1S/C24H28N4O4/c1-17-20(16-21-22(25-17)7-8-27(24(21)30)13-14-31-2)23(29)28-11-9-26(10-12-28)18-5-4-6-19(15-18)32-3/h4-8,15-16H,9-14H2,1-3H3. The van der Waals surface area contributed by atoms with Crippen LogP contribution in [0.5, 0.6) is 5.75 Å². The third-order valence-corrected chi connectivity index (χ3v) is 5.90. The number of ether oxygens (including phenoxy) is 2. The normalized spacial score (nSPS) is 14.1. The lowest BCUT2D eigenvalue weighted by Gasteiger charge is -2.36. The molecule has 3 aromatic rings. The number of piperazine rings is 1. The van der Waals surface area contributed by atoms with Gasteiger partial charge in [-0.1, -0.05) is 6.07 Å². The number of benzene rings is 1. The minimum Gasteiger partial charge on any atom is -0.497 e. The first-order valence-corrected chi connectivity index (χ1v) is 10.7. The fourth-order valence-electron chi connectivity index (χ4n) is 4.03. The molecule has 168 valence electrons. The van der Waals surface area contributed by atoms with E-state index in [1.54, 1.807) is 37.1 Å². The van der Waals surface area contributed by atoms with Crippen molar-refractivity contribution in [3.8, 4) is 5.75 Å². The van der Waals surface area contributed by atoms with Crippen molar-refractivity contribution < 1.29 is 14.3 Å². The van der Waals surface area contributed by atoms with Gasteiger partial charge in [-0.05, 0) is 31.2 Å². The van der Waals surface area contributed by atoms with Gasteiger partial charge in [0.05, 0.1) is 35.9 Å². The van der Waals surface area contributed by atoms with Crippen molar-refractivity contribution in [3.05, 3.63) is 64.2 Å². The first kappa shape index (κ1) is 21.8. The van der Waals surface area contributed by atoms with E-state index in [-0.39, 0.29) is 11.5 Å². The van der Waals surface area contributed by atoms with Crippen LogP contribution in [0, 0.1) is 6.92 Å². The Hall–Kier alpha value is -3.39. The number of aromatic nitrogens is 2. The molecule has 0 bridgehead atoms. The van der Waals surface area contributed by atoms with Gasteiger partial charge in [0.2, 0.25) is 0 Å². The Morgan fingerprint density at radius 2 is 1.88 bits per heavy atom. The predicted molar refractivity (Wildman–Crippen MR) is 124 cm³/mol. The fourth-order valence-corrected chi connectivity index (χ4v) is 4.03. The number of aryl methyl sites for hydroxylation is 1. The van der Waals surface area contributed by atoms with E-state index in [9.17, 15) is 9.59 Å². The quantitative estimate of drug-likeness (QED) is 0.590. The van der Waals surface area contributed by atoms with E-state index in [1.807, 2.05) is 36.1 Å². The van der Waals surface area contributed by atoms with Crippen LogP contribution in [0.4, 0.5) is 5.69 Å². The molecule has 0 spiro atoms. The Balaban J connectivity index is 1.54. The van der Waals surface area contributed by atoms with Crippen LogP contribution >= 0.6 is 0 Å². The van der Waals surface area contributed by atoms with Crippen LogP contribution in [-0.4, -0.2) is 67.4 Å². The Kier molecular flexibility index (Phi) is 6.41. The number of methoxy groups -OCH3 is 2. The molecule has 0 saturated carbocycles. The molecule has 0 N–H and O–H groups in total. The van der Waals surface area contributed by atoms with Crippen LogP contribution in [-0.2, 0) is 11.3 Å². The molecule has 4 rings (SSSR count). The molecule has 8 nitrogen and oxygen atoms in total. The maximum absolute atomic E-state index is 13.3. The van der Waals surface area contributed by atoms with Crippen LogP contribution < -0.4 is 15.2 Å². The van der Waals surface area contributed by atoms with Gasteiger partial charge in [0.25, 0.3) is 11.5 Å². The molecule has 0 atom stereocenters. The van der Waals surface area contributed by atoms with Crippen molar-refractivity contribution in [2.24, 2.45) is 0 Å². The number of rotatable bonds is 6. The zero-order chi connectivity index (χ0) is 22.7. The summed E-state index contributed by atoms with van der Waals surface area (Å²) < 4.78 is 12.0. The third-order valence-electron chi connectivity index (χ3n) is 5.90. The Morgan fingerprint density at radius 3 is 2.59 bits per heavy atom. The summed E-state index contributed by atoms with van der Waals surface area (Å²) in [6.45, 7) is 5.35. The molecule has 1 fully saturated rings. The van der Waals surface area contributed by atoms with Crippen molar-refractivity contribution in [2.45, 2.75) is 13.5 Å². The van der Waals surface area contributed by atoms with Crippen molar-refractivity contribution in [1.82, 2.24) is 14.5 Å². The smallest absolute Gasteiger partial charge is 0.260 e. The number of nitrogens with zero attached hydrogens (tertiary/aromatic N) is 4. The molecular formula is C24H28N4O4. The Labute approximate surface area is 187 Å². The highest BCUT2D eigenvalue weighted by molar-refractivity contribution is 5.98. The maximum Gasteiger partial charge on any atom is 0.260 e. The Bertz CT molecular complexity index is 1180. The second-order valence-corrected chi connectivity index (χ2v) is 7.84. The Morgan fingerprint density at radius 1 is 1.09 bits per heavy atom. The average molecular weight is 437 g/mol. The second kappa shape index (κ2) is 9.40. The first-order valence-electron chi connectivity index (χ1n) is 10.7. The largest absolute Gasteiger partial charge is 0.497 e. The third kappa shape index (κ3) is 4.31. The van der Waals surface area contributed by atoms with E-state index in [0.29, 0.717) is 48.4 Å². The number of carbonyl (C=O) groups excluding carboxylic acids is 1. The summed E-state index contributed by atoms with van der Waals surface area (Å²) >= 11 is 0. The zero-order valence-corrected chi connectivity index (χ0v) is 18.7. The van der Waals surface area contributed by atoms with Crippen LogP contribution in [0.2, 0.25) is 0 Å². The van der Waals surface area contributed by atoms with Gasteiger partial charge in [-0.15, -0.1) is 0 Å². The summed E-state index contributed by atoms with van der Waals surface area (Å²) in [5, 5.41) is 0.451. The van der Waals surface area contributed by atoms with Gasteiger partial charge in [0.1, 0.15) is 5.75 Å². The molecule has 2 aromatic heterocycles. The number of anilines is 1. The van der Waals surface area contributed by atoms with Crippen LogP contribution in [0.1, 0.15) is 16.1 Å². The van der Waals surface area contributed by atoms with Crippen molar-refractivity contribution in [2.75, 3.05) is 51.9 Å². The molecule has 1 aromatic carbocycles. The summed E-state index contributed by atoms with van der Waals surface area (Å²) in [5.74, 6) is 0.726. The molecule has 8 heteroatoms. The lowest BCUT2D eigenvalue weighted by atomic mass is 10.1. The number of carbonyl (C=O) groups is 1. The summed E-state index contributed by atoms with van der Waals surface area (Å²) in [7, 11) is 3.25. The molecule has 1 aliphatic heterocycles. The number of pyridine rings is 2. The summed E-state index contributed by atoms with van der Waals surface area (Å²) in [5.41, 5.74) is 2.63. The zero-order valence-electron chi connectivity index (χ0n) is 18.7. The van der Waals surface area contributed by atoms with Crippen LogP contribution in [0.3, 0.4) is 0 Å². The highest BCUT2D eigenvalue weighted by atomic mass is 16.5. The highest BCUT2D eigenvalue weighted by Crippen LogP contribution is 2.23. The first-order chi connectivity index (χ1) is 15.5. The van der Waals surface area contributed by atoms with Crippen LogP contribution in [0.25, 0.3) is 10.9 Å². The van der Waals surface area contributed by atoms with Gasteiger partial charge in [-0.25, -0.2) is 0 Å². The molecule has 1 amide bonds. The van der Waals surface area contributed by atoms with E-state index in [2.05, 4.69) is 9.88 Å². The number of hydrogen-bond acceptors (Lipinski definition) is 6. The minimum absolute atomic E-state index is 0.0890. The minimum atomic E-state index is -0.163. The number of hydrogen-bond donors (Lipinski definition) is 0. The lowest BCUT2D eigenvalue weighted by Crippen LogP contribution is -2.49. The van der Waals surface area contributed by atoms with E-state index in [0.717, 1.165) is 24.5 Å². The van der Waals surface area contributed by atoms with Gasteiger partial charge in [-0.2, -0.15) is 0 Å². The van der Waals surface area contributed by atoms with E-state index >= 15 is 0 Å². The second-order valence-electron chi connectivity index (χ2n) is 7.84. The van der Waals surface area contributed by atoms with E-state index in [1.165, 1.54) is 0 Å². The molecule has 0 radical (unpaired) electrons. The van der Waals surface area contributed by atoms with Crippen molar-refractivity contribution in [1.29, 1.82) is 0 Å². The van der Waals surface area contributed by atoms with Crippen molar-refractivity contribution in [3.63, 3.8) is 0 Å². The summed E-state index contributed by atoms with van der Waals surface area (Å²) in [6.07, 6.45) is 1.72. The molecule has 0 unspecified atom stereocenters. The molecule has 32 heavy (non-hydrogen) atoms. The van der Waals surface area contributed by atoms with Gasteiger partial charge in [-0.3, -0.25) is 14.6 Å². The molecule has 0 aliphatic carbocycles. The van der Waals surface area contributed by atoms with E-state index in [4.69, 9.17) is 9.47 Å². The molecule has 1 saturated heterocycles. The lowest BCUT2D eigenvalue weighted by molar-refractivity contribution is 0.0745. The van der Waals surface area contributed by atoms with Gasteiger partial charge in [0, 0.05) is 57.8 Å². The SMILES string of the molecule is COCCn1ccc2nc(C)c(C(=O)N3CCN(c4cccc(OC)c4)CC3)cc2c1=O. The topological polar surface area (TPSA) is 76.9 Å². The van der Waals surface area contributed by atoms with Gasteiger partial charge < -0.3 is 23.8 Å². The molecular weight excluding hydrogens is 408 g/mol. The highest BCUT2D eigenvalue weighted by Gasteiger charge is 2.24. The van der Waals surface area contributed by atoms with E-state index < -0.39 is 0 Å². The average Bonchev–Trinajstić information content (AvgIpc) is 2.83. The van der Waals surface area contributed by atoms with Crippen molar-refractivity contribution >= 4 is 22.5 Å². The molecule has 3 heterocycles. The number of fused-ring (bicyclic) bond motifs is 1. The summed E-state index contributed by atoms with van der Waals surface area (Å²) in [6, 6.07) is 11.4. The fraction of sp³-hybridized carbons (Fsp3) is 0.375. The van der Waals surface area contributed by atoms with Gasteiger partial charge >= 0.3 is 0 Å². The predicted octanol–water partition coefficient (Wildman–Crippen LogP) is 2.32. The molecule has 1 aliphatic rings. The van der Waals surface area contributed by atoms with Crippen LogP contribution in [0.15, 0.2) is 47.4 Å². The summed E-state index contributed by atoms with van der Waals surface area (Å²) in [4.78, 5) is 34.8. The number of amides is 1. The monoisotopic (exact) mass is 436 g/mol.